The van der Waals surface area contributed by atoms with Crippen molar-refractivity contribution >= 4 is 22.6 Å². The fraction of sp³-hybridized carbons (Fsp3) is 0. The molecular weight excluding hydrogens is 220 g/mol. The summed E-state index contributed by atoms with van der Waals surface area (Å²) in [6, 6.07) is 13.8. The number of benzene rings is 1. The molecule has 0 atom stereocenters. The van der Waals surface area contributed by atoms with Crippen LogP contribution < -0.4 is 0 Å². The summed E-state index contributed by atoms with van der Waals surface area (Å²) in [6.07, 6.45) is 1.85. The number of aromatic amines is 1. The van der Waals surface area contributed by atoms with Crippen molar-refractivity contribution in [1.82, 2.24) is 9.97 Å². The lowest BCUT2D eigenvalue weighted by Crippen LogP contribution is -1.84. The zero-order chi connectivity index (χ0) is 11.0. The molecule has 2 heterocycles. The van der Waals surface area contributed by atoms with E-state index >= 15 is 0 Å². The quantitative estimate of drug-likeness (QED) is 0.673. The van der Waals surface area contributed by atoms with Crippen LogP contribution in [0.25, 0.3) is 22.3 Å². The molecule has 0 saturated carbocycles. The predicted molar refractivity (Wildman–Crippen MR) is 66.5 cm³/mol. The summed E-state index contributed by atoms with van der Waals surface area (Å²) < 4.78 is 0. The lowest BCUT2D eigenvalue weighted by Gasteiger charge is -2.02. The van der Waals surface area contributed by atoms with Crippen LogP contribution in [0.5, 0.6) is 0 Å². The van der Waals surface area contributed by atoms with Crippen molar-refractivity contribution in [3.8, 4) is 11.3 Å². The average Bonchev–Trinajstić information content (AvgIpc) is 2.79. The minimum absolute atomic E-state index is 0.703. The Morgan fingerprint density at radius 2 is 1.88 bits per heavy atom. The lowest BCUT2D eigenvalue weighted by molar-refractivity contribution is 1.39. The summed E-state index contributed by atoms with van der Waals surface area (Å²) >= 11 is 6.18. The number of fused-ring (bicyclic) bond motifs is 1. The van der Waals surface area contributed by atoms with Gasteiger partial charge in [-0.2, -0.15) is 0 Å². The van der Waals surface area contributed by atoms with Gasteiger partial charge < -0.3 is 4.98 Å². The average molecular weight is 229 g/mol. The van der Waals surface area contributed by atoms with E-state index in [4.69, 9.17) is 11.6 Å². The van der Waals surface area contributed by atoms with E-state index in [1.165, 1.54) is 0 Å². The minimum Gasteiger partial charge on any atom is -0.359 e. The molecule has 0 aliphatic carbocycles. The first-order valence-electron chi connectivity index (χ1n) is 5.03. The van der Waals surface area contributed by atoms with Crippen molar-refractivity contribution in [2.45, 2.75) is 0 Å². The monoisotopic (exact) mass is 228 g/mol. The maximum absolute atomic E-state index is 6.18. The van der Waals surface area contributed by atoms with Gasteiger partial charge in [0.25, 0.3) is 0 Å². The van der Waals surface area contributed by atoms with Gasteiger partial charge in [-0.3, -0.25) is 0 Å². The molecule has 3 rings (SSSR count). The van der Waals surface area contributed by atoms with Gasteiger partial charge in [0.2, 0.25) is 0 Å². The van der Waals surface area contributed by atoms with Crippen LogP contribution in [0.15, 0.2) is 48.7 Å². The first kappa shape index (κ1) is 9.43. The molecule has 0 radical (unpaired) electrons. The molecule has 0 bridgehead atoms. The summed E-state index contributed by atoms with van der Waals surface area (Å²) in [6.45, 7) is 0. The van der Waals surface area contributed by atoms with Crippen molar-refractivity contribution in [2.24, 2.45) is 0 Å². The summed E-state index contributed by atoms with van der Waals surface area (Å²) in [5.74, 6) is 0. The van der Waals surface area contributed by atoms with E-state index in [0.717, 1.165) is 22.3 Å². The third-order valence-electron chi connectivity index (χ3n) is 2.54. The second-order valence-electron chi connectivity index (χ2n) is 3.59. The third kappa shape index (κ3) is 1.48. The SMILES string of the molecule is Clc1cc(-c2ccccc2)nc2cc[nH]c12. The molecule has 0 amide bonds. The van der Waals surface area contributed by atoms with Crippen LogP contribution in [0, 0.1) is 0 Å². The zero-order valence-electron chi connectivity index (χ0n) is 8.44. The Hall–Kier alpha value is -1.80. The van der Waals surface area contributed by atoms with Gasteiger partial charge in [-0.25, -0.2) is 4.98 Å². The number of nitrogens with zero attached hydrogens (tertiary/aromatic N) is 1. The fourth-order valence-electron chi connectivity index (χ4n) is 1.76. The van der Waals surface area contributed by atoms with E-state index in [2.05, 4.69) is 9.97 Å². The standard InChI is InChI=1S/C13H9ClN2/c14-10-8-12(9-4-2-1-3-5-9)16-11-6-7-15-13(10)11/h1-8,15H. The summed E-state index contributed by atoms with van der Waals surface area (Å²) in [7, 11) is 0. The molecule has 0 saturated heterocycles. The molecule has 16 heavy (non-hydrogen) atoms. The highest BCUT2D eigenvalue weighted by atomic mass is 35.5. The van der Waals surface area contributed by atoms with E-state index in [1.807, 2.05) is 48.7 Å². The van der Waals surface area contributed by atoms with Gasteiger partial charge in [-0.1, -0.05) is 41.9 Å². The van der Waals surface area contributed by atoms with E-state index in [1.54, 1.807) is 0 Å². The highest BCUT2D eigenvalue weighted by Gasteiger charge is 2.05. The predicted octanol–water partition coefficient (Wildman–Crippen LogP) is 3.88. The summed E-state index contributed by atoms with van der Waals surface area (Å²) in [5, 5.41) is 0.703. The van der Waals surface area contributed by atoms with Crippen LogP contribution in [-0.2, 0) is 0 Å². The molecule has 2 aromatic heterocycles. The Balaban J connectivity index is 2.25. The highest BCUT2D eigenvalue weighted by molar-refractivity contribution is 6.35. The largest absolute Gasteiger partial charge is 0.359 e. The highest BCUT2D eigenvalue weighted by Crippen LogP contribution is 2.26. The van der Waals surface area contributed by atoms with E-state index < -0.39 is 0 Å². The number of hydrogen-bond acceptors (Lipinski definition) is 1. The van der Waals surface area contributed by atoms with Crippen molar-refractivity contribution in [3.63, 3.8) is 0 Å². The number of hydrogen-bond donors (Lipinski definition) is 1. The Morgan fingerprint density at radius 3 is 2.69 bits per heavy atom. The van der Waals surface area contributed by atoms with Crippen LogP contribution in [0.2, 0.25) is 5.02 Å². The van der Waals surface area contributed by atoms with Gasteiger partial charge in [0.1, 0.15) is 0 Å². The number of pyridine rings is 1. The molecule has 3 heteroatoms. The molecule has 1 N–H and O–H groups in total. The van der Waals surface area contributed by atoms with Crippen molar-refractivity contribution in [3.05, 3.63) is 53.7 Å². The van der Waals surface area contributed by atoms with Gasteiger partial charge in [-0.05, 0) is 12.1 Å². The van der Waals surface area contributed by atoms with E-state index in [-0.39, 0.29) is 0 Å². The molecule has 0 unspecified atom stereocenters. The molecule has 0 aliphatic rings. The Kier molecular flexibility index (Phi) is 2.15. The van der Waals surface area contributed by atoms with Crippen molar-refractivity contribution in [1.29, 1.82) is 0 Å². The van der Waals surface area contributed by atoms with Crippen molar-refractivity contribution < 1.29 is 0 Å². The number of H-pyrrole nitrogens is 1. The van der Waals surface area contributed by atoms with Gasteiger partial charge in [0.15, 0.2) is 0 Å². The van der Waals surface area contributed by atoms with Gasteiger partial charge >= 0.3 is 0 Å². The van der Waals surface area contributed by atoms with Crippen LogP contribution in [0.1, 0.15) is 0 Å². The molecule has 0 aliphatic heterocycles. The Labute approximate surface area is 97.9 Å². The smallest absolute Gasteiger partial charge is 0.0901 e. The maximum atomic E-state index is 6.18. The summed E-state index contributed by atoms with van der Waals surface area (Å²) in [5.41, 5.74) is 3.76. The number of aromatic nitrogens is 2. The van der Waals surface area contributed by atoms with Gasteiger partial charge in [0, 0.05) is 11.8 Å². The molecular formula is C13H9ClN2. The number of rotatable bonds is 1. The second-order valence-corrected chi connectivity index (χ2v) is 4.00. The topological polar surface area (TPSA) is 28.7 Å². The first-order valence-corrected chi connectivity index (χ1v) is 5.41. The molecule has 78 valence electrons. The Bertz CT molecular complexity index is 629. The minimum atomic E-state index is 0.703. The number of halogens is 1. The second kappa shape index (κ2) is 3.65. The molecule has 0 spiro atoms. The lowest BCUT2D eigenvalue weighted by atomic mass is 10.1. The van der Waals surface area contributed by atoms with Gasteiger partial charge in [-0.15, -0.1) is 0 Å². The van der Waals surface area contributed by atoms with Crippen LogP contribution >= 0.6 is 11.6 Å². The Morgan fingerprint density at radius 1 is 1.06 bits per heavy atom. The maximum Gasteiger partial charge on any atom is 0.0901 e. The zero-order valence-corrected chi connectivity index (χ0v) is 9.20. The van der Waals surface area contributed by atoms with Crippen LogP contribution in [-0.4, -0.2) is 9.97 Å². The molecule has 2 nitrogen and oxygen atoms in total. The summed E-state index contributed by atoms with van der Waals surface area (Å²) in [4.78, 5) is 7.62. The van der Waals surface area contributed by atoms with Gasteiger partial charge in [0.05, 0.1) is 21.7 Å². The fourth-order valence-corrected chi connectivity index (χ4v) is 2.01. The molecule has 3 aromatic rings. The normalized spacial score (nSPS) is 10.8. The van der Waals surface area contributed by atoms with E-state index in [0.29, 0.717) is 5.02 Å². The number of nitrogens with one attached hydrogen (secondary N) is 1. The molecule has 0 fully saturated rings. The third-order valence-corrected chi connectivity index (χ3v) is 2.84. The molecule has 1 aromatic carbocycles. The van der Waals surface area contributed by atoms with E-state index in [9.17, 15) is 0 Å². The van der Waals surface area contributed by atoms with Crippen LogP contribution in [0.3, 0.4) is 0 Å². The first-order chi connectivity index (χ1) is 7.84. The van der Waals surface area contributed by atoms with Crippen molar-refractivity contribution in [2.75, 3.05) is 0 Å². The van der Waals surface area contributed by atoms with Crippen LogP contribution in [0.4, 0.5) is 0 Å².